The van der Waals surface area contributed by atoms with Gasteiger partial charge in [-0.05, 0) is 37.2 Å². The number of rotatable bonds is 5. The average molecular weight is 309 g/mol. The van der Waals surface area contributed by atoms with E-state index >= 15 is 0 Å². The Morgan fingerprint density at radius 3 is 2.57 bits per heavy atom. The first kappa shape index (κ1) is 16.5. The van der Waals surface area contributed by atoms with Crippen molar-refractivity contribution >= 4 is 9.84 Å². The largest absolute Gasteiger partial charge is 0.310 e. The van der Waals surface area contributed by atoms with E-state index in [0.29, 0.717) is 17.5 Å². The molecule has 2 atom stereocenters. The minimum absolute atomic E-state index is 0.0845. The molecule has 0 saturated carbocycles. The Morgan fingerprint density at radius 2 is 1.95 bits per heavy atom. The predicted octanol–water partition coefficient (Wildman–Crippen LogP) is 2.91. The van der Waals surface area contributed by atoms with Gasteiger partial charge in [-0.25, -0.2) is 8.42 Å². The van der Waals surface area contributed by atoms with E-state index in [0.717, 1.165) is 19.3 Å². The molecule has 21 heavy (non-hydrogen) atoms. The minimum atomic E-state index is -2.84. The van der Waals surface area contributed by atoms with Gasteiger partial charge in [-0.15, -0.1) is 0 Å². The molecule has 1 fully saturated rings. The summed E-state index contributed by atoms with van der Waals surface area (Å²) in [6.45, 7) is 6.65. The lowest BCUT2D eigenvalue weighted by Crippen LogP contribution is -2.45. The number of hydrogen-bond donors (Lipinski definition) is 1. The molecule has 1 aliphatic heterocycles. The van der Waals surface area contributed by atoms with Crippen LogP contribution in [0.4, 0.5) is 0 Å². The Bertz CT molecular complexity index is 551. The fraction of sp³-hybridized carbons (Fsp3) is 0.647. The summed E-state index contributed by atoms with van der Waals surface area (Å²) in [5.41, 5.74) is 1.41. The van der Waals surface area contributed by atoms with Gasteiger partial charge in [0.25, 0.3) is 0 Å². The molecule has 1 N–H and O–H groups in total. The smallest absolute Gasteiger partial charge is 0.151 e. The second kappa shape index (κ2) is 6.49. The van der Waals surface area contributed by atoms with E-state index in [1.54, 1.807) is 0 Å². The molecule has 2 unspecified atom stereocenters. The third-order valence-corrected chi connectivity index (χ3v) is 6.18. The minimum Gasteiger partial charge on any atom is -0.310 e. The summed E-state index contributed by atoms with van der Waals surface area (Å²) >= 11 is 0. The molecule has 118 valence electrons. The fourth-order valence-corrected chi connectivity index (χ4v) is 5.04. The monoisotopic (exact) mass is 309 g/mol. The first-order chi connectivity index (χ1) is 9.78. The topological polar surface area (TPSA) is 46.2 Å². The molecular formula is C17H27NO2S. The number of sulfone groups is 1. The molecule has 0 spiro atoms. The third-order valence-electron chi connectivity index (χ3n) is 4.36. The van der Waals surface area contributed by atoms with Gasteiger partial charge in [-0.2, -0.15) is 0 Å². The normalized spacial score (nSPS) is 23.7. The van der Waals surface area contributed by atoms with Crippen LogP contribution in [0.2, 0.25) is 0 Å². The molecule has 1 saturated heterocycles. The molecule has 1 aromatic rings. The molecule has 3 nitrogen and oxygen atoms in total. The van der Waals surface area contributed by atoms with Crippen molar-refractivity contribution in [2.75, 3.05) is 11.5 Å². The van der Waals surface area contributed by atoms with Crippen molar-refractivity contribution in [3.8, 4) is 0 Å². The number of nitrogens with one attached hydrogen (secondary N) is 1. The zero-order chi connectivity index (χ0) is 15.5. The summed E-state index contributed by atoms with van der Waals surface area (Å²) in [7, 11) is -2.84. The highest BCUT2D eigenvalue weighted by molar-refractivity contribution is 7.91. The van der Waals surface area contributed by atoms with E-state index in [1.807, 2.05) is 6.07 Å². The lowest BCUT2D eigenvalue weighted by molar-refractivity contribution is 0.352. The van der Waals surface area contributed by atoms with Gasteiger partial charge in [-0.3, -0.25) is 0 Å². The highest BCUT2D eigenvalue weighted by Crippen LogP contribution is 2.28. The summed E-state index contributed by atoms with van der Waals surface area (Å²) in [6, 6.07) is 10.9. The van der Waals surface area contributed by atoms with E-state index in [1.165, 1.54) is 5.56 Å². The summed E-state index contributed by atoms with van der Waals surface area (Å²) in [5, 5.41) is 3.52. The van der Waals surface area contributed by atoms with Crippen LogP contribution in [0.1, 0.15) is 45.6 Å². The number of benzene rings is 1. The molecule has 4 heteroatoms. The van der Waals surface area contributed by atoms with Gasteiger partial charge in [0.2, 0.25) is 0 Å². The Hall–Kier alpha value is -0.870. The van der Waals surface area contributed by atoms with Gasteiger partial charge >= 0.3 is 0 Å². The molecule has 0 aromatic heterocycles. The Balaban J connectivity index is 1.93. The SMILES string of the molecule is CC(CC(C)(C)c1ccccc1)NC1CCCS(=O)(=O)C1. The maximum atomic E-state index is 11.7. The molecule has 0 bridgehead atoms. The molecule has 2 rings (SSSR count). The van der Waals surface area contributed by atoms with Crippen LogP contribution < -0.4 is 5.32 Å². The zero-order valence-electron chi connectivity index (χ0n) is 13.3. The van der Waals surface area contributed by atoms with Gasteiger partial charge in [0.1, 0.15) is 0 Å². The standard InChI is InChI=1S/C17H27NO2S/c1-14(18-16-10-7-11-21(19,20)13-16)12-17(2,3)15-8-5-4-6-9-15/h4-6,8-9,14,16,18H,7,10-13H2,1-3H3. The number of hydrogen-bond acceptors (Lipinski definition) is 3. The molecule has 0 aliphatic carbocycles. The highest BCUT2D eigenvalue weighted by atomic mass is 32.2. The second-order valence-corrected chi connectivity index (χ2v) is 9.20. The van der Waals surface area contributed by atoms with Crippen molar-refractivity contribution in [3.05, 3.63) is 35.9 Å². The average Bonchev–Trinajstić information content (AvgIpc) is 2.37. The maximum Gasteiger partial charge on any atom is 0.151 e. The molecule has 0 radical (unpaired) electrons. The van der Waals surface area contributed by atoms with Crippen LogP contribution in [-0.4, -0.2) is 32.0 Å². The van der Waals surface area contributed by atoms with Gasteiger partial charge in [0.05, 0.1) is 11.5 Å². The molecule has 0 amide bonds. The molecule has 1 aliphatic rings. The zero-order valence-corrected chi connectivity index (χ0v) is 14.1. The van der Waals surface area contributed by atoms with Crippen molar-refractivity contribution in [2.24, 2.45) is 0 Å². The first-order valence-electron chi connectivity index (χ1n) is 7.80. The van der Waals surface area contributed by atoms with Crippen molar-refractivity contribution < 1.29 is 8.42 Å². The first-order valence-corrected chi connectivity index (χ1v) is 9.63. The van der Waals surface area contributed by atoms with Crippen LogP contribution in [-0.2, 0) is 15.3 Å². The van der Waals surface area contributed by atoms with Crippen molar-refractivity contribution in [1.29, 1.82) is 0 Å². The van der Waals surface area contributed by atoms with Crippen LogP contribution in [0, 0.1) is 0 Å². The Labute approximate surface area is 129 Å². The van der Waals surface area contributed by atoms with E-state index in [9.17, 15) is 8.42 Å². The third kappa shape index (κ3) is 4.82. The summed E-state index contributed by atoms with van der Waals surface area (Å²) in [5.74, 6) is 0.651. The van der Waals surface area contributed by atoms with Gasteiger partial charge < -0.3 is 5.32 Å². The summed E-state index contributed by atoms with van der Waals surface area (Å²) in [4.78, 5) is 0. The van der Waals surface area contributed by atoms with Crippen molar-refractivity contribution in [2.45, 2.75) is 57.5 Å². The van der Waals surface area contributed by atoms with Crippen molar-refractivity contribution in [1.82, 2.24) is 5.32 Å². The summed E-state index contributed by atoms with van der Waals surface area (Å²) < 4.78 is 23.4. The van der Waals surface area contributed by atoms with E-state index in [2.05, 4.69) is 50.4 Å². The van der Waals surface area contributed by atoms with Crippen LogP contribution in [0.25, 0.3) is 0 Å². The lowest BCUT2D eigenvalue weighted by Gasteiger charge is -2.32. The summed E-state index contributed by atoms with van der Waals surface area (Å²) in [6.07, 6.45) is 2.75. The quantitative estimate of drug-likeness (QED) is 0.909. The van der Waals surface area contributed by atoms with E-state index < -0.39 is 9.84 Å². The van der Waals surface area contributed by atoms with Gasteiger partial charge in [0.15, 0.2) is 9.84 Å². The van der Waals surface area contributed by atoms with Crippen LogP contribution in [0.15, 0.2) is 30.3 Å². The predicted molar refractivity (Wildman–Crippen MR) is 88.4 cm³/mol. The lowest BCUT2D eigenvalue weighted by atomic mass is 9.79. The van der Waals surface area contributed by atoms with E-state index in [4.69, 9.17) is 0 Å². The molecule has 1 aromatic carbocycles. The fourth-order valence-electron chi connectivity index (χ4n) is 3.39. The Kier molecular flexibility index (Phi) is 5.10. The molecule has 1 heterocycles. The van der Waals surface area contributed by atoms with Crippen LogP contribution in [0.3, 0.4) is 0 Å². The van der Waals surface area contributed by atoms with Gasteiger partial charge in [0, 0.05) is 12.1 Å². The molecular weight excluding hydrogens is 282 g/mol. The Morgan fingerprint density at radius 1 is 1.29 bits per heavy atom. The van der Waals surface area contributed by atoms with E-state index in [-0.39, 0.29) is 11.5 Å². The van der Waals surface area contributed by atoms with Crippen LogP contribution in [0.5, 0.6) is 0 Å². The highest BCUT2D eigenvalue weighted by Gasteiger charge is 2.28. The maximum absolute atomic E-state index is 11.7. The second-order valence-electron chi connectivity index (χ2n) is 6.98. The van der Waals surface area contributed by atoms with Gasteiger partial charge in [-0.1, -0.05) is 44.2 Å². The van der Waals surface area contributed by atoms with Crippen molar-refractivity contribution in [3.63, 3.8) is 0 Å². The van der Waals surface area contributed by atoms with Crippen LogP contribution >= 0.6 is 0 Å².